The number of hydrogen-bond acceptors (Lipinski definition) is 3. The van der Waals surface area contributed by atoms with Crippen molar-refractivity contribution in [2.45, 2.75) is 57.9 Å². The molecule has 0 spiro atoms. The number of alkyl halides is 3. The van der Waals surface area contributed by atoms with Crippen molar-refractivity contribution in [3.05, 3.63) is 35.5 Å². The lowest BCUT2D eigenvalue weighted by atomic mass is 9.93. The Morgan fingerprint density at radius 2 is 1.92 bits per heavy atom. The molecule has 1 heterocycles. The number of allylic oxidation sites excluding steroid dienone is 1. The summed E-state index contributed by atoms with van der Waals surface area (Å²) < 4.78 is 43.1. The van der Waals surface area contributed by atoms with E-state index in [0.717, 1.165) is 43.5 Å². The number of ether oxygens (including phenoxy) is 1. The lowest BCUT2D eigenvalue weighted by molar-refractivity contribution is -0.137. The van der Waals surface area contributed by atoms with E-state index < -0.39 is 11.7 Å². The maximum atomic E-state index is 12.5. The maximum Gasteiger partial charge on any atom is 0.417 e. The quantitative estimate of drug-likeness (QED) is 0.845. The van der Waals surface area contributed by atoms with Crippen LogP contribution in [0.25, 0.3) is 0 Å². The molecule has 4 nitrogen and oxygen atoms in total. The van der Waals surface area contributed by atoms with Gasteiger partial charge in [-0.1, -0.05) is 5.57 Å². The highest BCUT2D eigenvalue weighted by atomic mass is 19.4. The molecule has 0 unspecified atom stereocenters. The number of amides is 1. The molecule has 132 valence electrons. The zero-order chi connectivity index (χ0) is 17.7. The van der Waals surface area contributed by atoms with Crippen LogP contribution in [0.4, 0.5) is 13.2 Å². The summed E-state index contributed by atoms with van der Waals surface area (Å²) in [6.45, 7) is 3.72. The molecule has 24 heavy (non-hydrogen) atoms. The number of carbonyl (C=O) groups excluding carboxylic acids is 1. The van der Waals surface area contributed by atoms with E-state index in [1.54, 1.807) is 6.08 Å². The van der Waals surface area contributed by atoms with Crippen LogP contribution in [0.15, 0.2) is 30.0 Å². The van der Waals surface area contributed by atoms with Crippen LogP contribution in [0.1, 0.15) is 45.1 Å². The Kier molecular flexibility index (Phi) is 5.85. The third kappa shape index (κ3) is 5.54. The van der Waals surface area contributed by atoms with Crippen molar-refractivity contribution < 1.29 is 22.7 Å². The van der Waals surface area contributed by atoms with E-state index in [0.29, 0.717) is 0 Å². The number of pyridine rings is 1. The molecule has 1 amide bonds. The van der Waals surface area contributed by atoms with Crippen LogP contribution in [-0.2, 0) is 11.0 Å². The minimum Gasteiger partial charge on any atom is -0.474 e. The van der Waals surface area contributed by atoms with Crippen LogP contribution in [0.5, 0.6) is 5.88 Å². The summed E-state index contributed by atoms with van der Waals surface area (Å²) in [5, 5.41) is 2.95. The van der Waals surface area contributed by atoms with Crippen LogP contribution < -0.4 is 10.1 Å². The summed E-state index contributed by atoms with van der Waals surface area (Å²) >= 11 is 0. The second-order valence-corrected chi connectivity index (χ2v) is 6.20. The van der Waals surface area contributed by atoms with Gasteiger partial charge < -0.3 is 10.1 Å². The van der Waals surface area contributed by atoms with E-state index in [1.165, 1.54) is 6.07 Å². The van der Waals surface area contributed by atoms with Crippen molar-refractivity contribution in [1.29, 1.82) is 0 Å². The van der Waals surface area contributed by atoms with Gasteiger partial charge in [-0.3, -0.25) is 4.79 Å². The second kappa shape index (κ2) is 7.68. The predicted molar refractivity (Wildman–Crippen MR) is 83.5 cm³/mol. The summed E-state index contributed by atoms with van der Waals surface area (Å²) in [5.41, 5.74) is 0.151. The Morgan fingerprint density at radius 3 is 2.42 bits per heavy atom. The second-order valence-electron chi connectivity index (χ2n) is 6.20. The van der Waals surface area contributed by atoms with Gasteiger partial charge in [0.2, 0.25) is 11.8 Å². The van der Waals surface area contributed by atoms with Gasteiger partial charge in [-0.15, -0.1) is 0 Å². The number of halogens is 3. The SMILES string of the molecule is CC(C)=CC(=O)NC1CCC(Oc2ccc(C(F)(F)F)cn2)CC1. The molecule has 1 N–H and O–H groups in total. The lowest BCUT2D eigenvalue weighted by Gasteiger charge is -2.29. The minimum atomic E-state index is -4.40. The Morgan fingerprint density at radius 1 is 1.25 bits per heavy atom. The highest BCUT2D eigenvalue weighted by Gasteiger charge is 2.31. The molecule has 0 atom stereocenters. The molecule has 1 aromatic rings. The van der Waals surface area contributed by atoms with E-state index in [1.807, 2.05) is 13.8 Å². The lowest BCUT2D eigenvalue weighted by Crippen LogP contribution is -2.39. The van der Waals surface area contributed by atoms with Crippen molar-refractivity contribution in [2.24, 2.45) is 0 Å². The molecule has 7 heteroatoms. The Labute approximate surface area is 139 Å². The largest absolute Gasteiger partial charge is 0.474 e. The maximum absolute atomic E-state index is 12.5. The number of carbonyl (C=O) groups is 1. The first-order valence-corrected chi connectivity index (χ1v) is 7.89. The minimum absolute atomic E-state index is 0.0918. The third-order valence-electron chi connectivity index (χ3n) is 3.79. The number of nitrogens with one attached hydrogen (secondary N) is 1. The van der Waals surface area contributed by atoms with Crippen molar-refractivity contribution in [1.82, 2.24) is 10.3 Å². The first-order chi connectivity index (χ1) is 11.2. The molecule has 1 aromatic heterocycles. The van der Waals surface area contributed by atoms with Gasteiger partial charge in [0.1, 0.15) is 6.10 Å². The van der Waals surface area contributed by atoms with Gasteiger partial charge in [0.25, 0.3) is 0 Å². The van der Waals surface area contributed by atoms with E-state index in [2.05, 4.69) is 10.3 Å². The van der Waals surface area contributed by atoms with Gasteiger partial charge in [0, 0.05) is 24.4 Å². The Hall–Kier alpha value is -2.05. The number of aromatic nitrogens is 1. The third-order valence-corrected chi connectivity index (χ3v) is 3.79. The molecule has 1 saturated carbocycles. The Balaban J connectivity index is 1.81. The standard InChI is InChI=1S/C17H21F3N2O2/c1-11(2)9-15(23)22-13-4-6-14(7-5-13)24-16-8-3-12(10-21-16)17(18,19)20/h3,8-10,13-14H,4-7H2,1-2H3,(H,22,23). The number of hydrogen-bond donors (Lipinski definition) is 1. The molecule has 2 rings (SSSR count). The van der Waals surface area contributed by atoms with Crippen LogP contribution >= 0.6 is 0 Å². The highest BCUT2D eigenvalue weighted by Crippen LogP contribution is 2.30. The van der Waals surface area contributed by atoms with Crippen molar-refractivity contribution in [3.63, 3.8) is 0 Å². The van der Waals surface area contributed by atoms with Gasteiger partial charge in [0.15, 0.2) is 0 Å². The molecule has 0 saturated heterocycles. The smallest absolute Gasteiger partial charge is 0.417 e. The molecule has 0 aliphatic heterocycles. The zero-order valence-electron chi connectivity index (χ0n) is 13.7. The van der Waals surface area contributed by atoms with Gasteiger partial charge in [0.05, 0.1) is 5.56 Å². The van der Waals surface area contributed by atoms with Gasteiger partial charge in [-0.05, 0) is 45.6 Å². The van der Waals surface area contributed by atoms with Crippen LogP contribution in [0.2, 0.25) is 0 Å². The van der Waals surface area contributed by atoms with Gasteiger partial charge >= 0.3 is 6.18 Å². The Bertz CT molecular complexity index is 585. The van der Waals surface area contributed by atoms with E-state index in [9.17, 15) is 18.0 Å². The fourth-order valence-corrected chi connectivity index (χ4v) is 2.62. The highest BCUT2D eigenvalue weighted by molar-refractivity contribution is 5.88. The molecule has 1 aliphatic carbocycles. The molecular weight excluding hydrogens is 321 g/mol. The van der Waals surface area contributed by atoms with Gasteiger partial charge in [-0.2, -0.15) is 13.2 Å². The molecule has 0 aromatic carbocycles. The van der Waals surface area contributed by atoms with Crippen molar-refractivity contribution in [2.75, 3.05) is 0 Å². The summed E-state index contributed by atoms with van der Waals surface area (Å²) in [6, 6.07) is 2.31. The van der Waals surface area contributed by atoms with Gasteiger partial charge in [-0.25, -0.2) is 4.98 Å². The predicted octanol–water partition coefficient (Wildman–Crippen LogP) is 3.87. The van der Waals surface area contributed by atoms with Crippen molar-refractivity contribution >= 4 is 5.91 Å². The molecule has 0 bridgehead atoms. The van der Waals surface area contributed by atoms with Crippen LogP contribution in [0, 0.1) is 0 Å². The molecule has 1 fully saturated rings. The van der Waals surface area contributed by atoms with Crippen LogP contribution in [0.3, 0.4) is 0 Å². The summed E-state index contributed by atoms with van der Waals surface area (Å²) in [7, 11) is 0. The zero-order valence-corrected chi connectivity index (χ0v) is 13.7. The summed E-state index contributed by atoms with van der Waals surface area (Å²) in [4.78, 5) is 15.4. The molecular formula is C17H21F3N2O2. The van der Waals surface area contributed by atoms with Crippen molar-refractivity contribution in [3.8, 4) is 5.88 Å². The summed E-state index contributed by atoms with van der Waals surface area (Å²) in [6.07, 6.45) is 0.847. The number of rotatable bonds is 4. The molecule has 1 aliphatic rings. The topological polar surface area (TPSA) is 51.2 Å². The number of nitrogens with zero attached hydrogens (tertiary/aromatic N) is 1. The van der Waals surface area contributed by atoms with E-state index in [-0.39, 0.29) is 23.9 Å². The first kappa shape index (κ1) is 18.3. The first-order valence-electron chi connectivity index (χ1n) is 7.89. The molecule has 0 radical (unpaired) electrons. The van der Waals surface area contributed by atoms with E-state index >= 15 is 0 Å². The van der Waals surface area contributed by atoms with E-state index in [4.69, 9.17) is 4.74 Å². The normalized spacial score (nSPS) is 21.0. The fourth-order valence-electron chi connectivity index (χ4n) is 2.62. The fraction of sp³-hybridized carbons (Fsp3) is 0.529. The van der Waals surface area contributed by atoms with Crippen LogP contribution in [-0.4, -0.2) is 23.0 Å². The average molecular weight is 342 g/mol. The summed E-state index contributed by atoms with van der Waals surface area (Å²) in [5.74, 6) is 0.101. The monoisotopic (exact) mass is 342 g/mol. The average Bonchev–Trinajstić information content (AvgIpc) is 2.48.